The summed E-state index contributed by atoms with van der Waals surface area (Å²) in [5.74, 6) is 1.59. The molecule has 0 spiro atoms. The maximum Gasteiger partial charge on any atom is 0.324 e. The summed E-state index contributed by atoms with van der Waals surface area (Å²) in [6, 6.07) is 24.6. The van der Waals surface area contributed by atoms with Crippen molar-refractivity contribution in [3.63, 3.8) is 0 Å². The van der Waals surface area contributed by atoms with Crippen molar-refractivity contribution >= 4 is 40.0 Å². The second-order valence-electron chi connectivity index (χ2n) is 14.3. The molecule has 13 heteroatoms. The average molecular weight is 735 g/mol. The number of morpholine rings is 2. The summed E-state index contributed by atoms with van der Waals surface area (Å²) in [5.41, 5.74) is 4.16. The number of carbonyl (C=O) groups excluding carboxylic acids is 2. The Morgan fingerprint density at radius 2 is 1.57 bits per heavy atom. The minimum absolute atomic E-state index is 0.116. The van der Waals surface area contributed by atoms with E-state index in [1.54, 1.807) is 10.9 Å². The van der Waals surface area contributed by atoms with E-state index in [1.165, 1.54) is 0 Å². The van der Waals surface area contributed by atoms with E-state index in [2.05, 4.69) is 51.9 Å². The molecular weight excluding hydrogens is 685 g/mol. The zero-order valence-electron chi connectivity index (χ0n) is 31.5. The lowest BCUT2D eigenvalue weighted by atomic mass is 9.92. The van der Waals surface area contributed by atoms with Crippen LogP contribution >= 0.6 is 0 Å². The lowest BCUT2D eigenvalue weighted by molar-refractivity contribution is -0.118. The second-order valence-corrected chi connectivity index (χ2v) is 14.3. The van der Waals surface area contributed by atoms with Crippen LogP contribution in [0.2, 0.25) is 0 Å². The summed E-state index contributed by atoms with van der Waals surface area (Å²) < 4.78 is 18.4. The first kappa shape index (κ1) is 38.4. The number of amides is 3. The minimum Gasteiger partial charge on any atom is -0.488 e. The van der Waals surface area contributed by atoms with Crippen molar-refractivity contribution in [3.8, 4) is 11.4 Å². The van der Waals surface area contributed by atoms with Crippen LogP contribution in [-0.4, -0.2) is 90.8 Å². The highest BCUT2D eigenvalue weighted by atomic mass is 16.5. The Morgan fingerprint density at radius 3 is 2.26 bits per heavy atom. The number of nitrogens with zero attached hydrogens (tertiary/aromatic N) is 4. The summed E-state index contributed by atoms with van der Waals surface area (Å²) in [6.45, 7) is 15.4. The van der Waals surface area contributed by atoms with Gasteiger partial charge in [0.25, 0.3) is 0 Å². The molecule has 0 atom stereocenters. The lowest BCUT2D eigenvalue weighted by Gasteiger charge is -2.25. The first-order chi connectivity index (χ1) is 26.1. The van der Waals surface area contributed by atoms with Gasteiger partial charge in [-0.1, -0.05) is 62.7 Å². The number of pyridine rings is 1. The van der Waals surface area contributed by atoms with Crippen LogP contribution in [0.4, 0.5) is 22.1 Å². The van der Waals surface area contributed by atoms with Gasteiger partial charge >= 0.3 is 6.03 Å². The van der Waals surface area contributed by atoms with Gasteiger partial charge in [-0.15, -0.1) is 0 Å². The molecule has 0 bridgehead atoms. The minimum atomic E-state index is -0.387. The Kier molecular flexibility index (Phi) is 12.9. The molecule has 4 N–H and O–H groups in total. The van der Waals surface area contributed by atoms with Gasteiger partial charge in [-0.3, -0.25) is 15.0 Å². The number of aromatic nitrogens is 3. The van der Waals surface area contributed by atoms with Crippen molar-refractivity contribution in [1.82, 2.24) is 25.0 Å². The summed E-state index contributed by atoms with van der Waals surface area (Å²) in [6.07, 6.45) is 1.65. The van der Waals surface area contributed by atoms with E-state index in [-0.39, 0.29) is 24.0 Å². The largest absolute Gasteiger partial charge is 0.488 e. The number of hydrogen-bond donors (Lipinski definition) is 4. The first-order valence-electron chi connectivity index (χ1n) is 18.4. The van der Waals surface area contributed by atoms with Gasteiger partial charge in [-0.05, 0) is 48.9 Å². The molecule has 54 heavy (non-hydrogen) atoms. The smallest absolute Gasteiger partial charge is 0.324 e. The number of nitrogens with one attached hydrogen (secondary N) is 4. The molecule has 2 aliphatic heterocycles. The normalized spacial score (nSPS) is 14.8. The highest BCUT2D eigenvalue weighted by Crippen LogP contribution is 2.33. The zero-order chi connectivity index (χ0) is 37.9. The Labute approximate surface area is 316 Å². The number of anilines is 3. The van der Waals surface area contributed by atoms with Crippen molar-refractivity contribution in [3.05, 3.63) is 102 Å². The third-order valence-electron chi connectivity index (χ3n) is 8.93. The topological polar surface area (TPSA) is 144 Å². The molecule has 5 aromatic rings. The molecule has 2 saturated heterocycles. The van der Waals surface area contributed by atoms with Crippen LogP contribution in [0.25, 0.3) is 16.5 Å². The van der Waals surface area contributed by atoms with Crippen molar-refractivity contribution in [2.75, 3.05) is 75.1 Å². The molecule has 2 aromatic heterocycles. The number of ether oxygens (including phenoxy) is 3. The van der Waals surface area contributed by atoms with E-state index >= 15 is 0 Å². The Hall–Kier alpha value is -5.34. The van der Waals surface area contributed by atoms with Crippen LogP contribution in [0.15, 0.2) is 85.1 Å². The quantitative estimate of drug-likeness (QED) is 0.141. The van der Waals surface area contributed by atoms with Crippen molar-refractivity contribution in [1.29, 1.82) is 0 Å². The maximum absolute atomic E-state index is 13.4. The number of benzene rings is 3. The van der Waals surface area contributed by atoms with E-state index in [4.69, 9.17) is 19.3 Å². The predicted octanol–water partition coefficient (Wildman–Crippen LogP) is 6.13. The van der Waals surface area contributed by atoms with Gasteiger partial charge in [0, 0.05) is 54.6 Å². The van der Waals surface area contributed by atoms with Crippen molar-refractivity contribution < 1.29 is 23.8 Å². The molecule has 13 nitrogen and oxygen atoms in total. The van der Waals surface area contributed by atoms with Gasteiger partial charge in [0.2, 0.25) is 5.91 Å². The number of hydrogen-bond acceptors (Lipinski definition) is 9. The summed E-state index contributed by atoms with van der Waals surface area (Å²) in [7, 11) is 0. The molecule has 3 aromatic carbocycles. The zero-order valence-corrected chi connectivity index (χ0v) is 31.5. The van der Waals surface area contributed by atoms with E-state index in [0.29, 0.717) is 42.8 Å². The van der Waals surface area contributed by atoms with Crippen LogP contribution in [0.3, 0.4) is 0 Å². The molecule has 0 aliphatic carbocycles. The highest BCUT2D eigenvalue weighted by molar-refractivity contribution is 6.07. The van der Waals surface area contributed by atoms with E-state index in [0.717, 1.165) is 72.7 Å². The molecule has 0 unspecified atom stereocenters. The van der Waals surface area contributed by atoms with E-state index in [9.17, 15) is 9.59 Å². The average Bonchev–Trinajstić information content (AvgIpc) is 3.60. The first-order valence-corrected chi connectivity index (χ1v) is 18.4. The lowest BCUT2D eigenvalue weighted by Crippen LogP contribution is -2.41. The van der Waals surface area contributed by atoms with Gasteiger partial charge in [-0.2, -0.15) is 5.10 Å². The third kappa shape index (κ3) is 10.6. The molecular formula is C41H50N8O5. The van der Waals surface area contributed by atoms with Crippen molar-refractivity contribution in [2.45, 2.75) is 39.7 Å². The van der Waals surface area contributed by atoms with Gasteiger partial charge < -0.3 is 30.2 Å². The number of rotatable bonds is 9. The number of fused-ring (bicyclic) bond motifs is 1. The van der Waals surface area contributed by atoms with Crippen molar-refractivity contribution in [2.24, 2.45) is 0 Å². The summed E-state index contributed by atoms with van der Waals surface area (Å²) >= 11 is 0. The standard InChI is InChI=1S/C37H41N7O4.C4H9NO/c1-25-9-11-27(12-10-25)44-34(22-32(42-44)37(2,3)4)41-36(46)39-30-13-14-31(29-8-6-5-7-28(29)30)48-24-26-15-16-38-33(21-26)40-35(45)23-43-17-19-47-20-18-43;1-3-6-4-2-5-1/h5-16,21-22H,17-20,23-24H2,1-4H3,(H,38,40,45)(H2,39,41,46);5H,1-4H2. The summed E-state index contributed by atoms with van der Waals surface area (Å²) in [4.78, 5) is 32.3. The van der Waals surface area contributed by atoms with Crippen LogP contribution < -0.4 is 26.0 Å². The number of carbonyl (C=O) groups is 2. The second kappa shape index (κ2) is 18.1. The molecule has 0 radical (unpaired) electrons. The van der Waals surface area contributed by atoms with E-state index in [1.807, 2.05) is 85.8 Å². The van der Waals surface area contributed by atoms with Gasteiger partial charge in [0.15, 0.2) is 0 Å². The van der Waals surface area contributed by atoms with Gasteiger partial charge in [-0.25, -0.2) is 14.5 Å². The molecule has 2 aliphatic rings. The molecule has 3 amide bonds. The number of urea groups is 1. The monoisotopic (exact) mass is 734 g/mol. The Bertz CT molecular complexity index is 2000. The fourth-order valence-electron chi connectivity index (χ4n) is 5.95. The molecule has 4 heterocycles. The summed E-state index contributed by atoms with van der Waals surface area (Å²) in [5, 5.41) is 18.6. The highest BCUT2D eigenvalue weighted by Gasteiger charge is 2.22. The molecule has 0 saturated carbocycles. The van der Waals surface area contributed by atoms with Crippen LogP contribution in [0.5, 0.6) is 5.75 Å². The predicted molar refractivity (Wildman–Crippen MR) is 212 cm³/mol. The van der Waals surface area contributed by atoms with Crippen LogP contribution in [-0.2, 0) is 26.3 Å². The molecule has 284 valence electrons. The fraction of sp³-hybridized carbons (Fsp3) is 0.366. The number of aryl methyl sites for hydroxylation is 1. The van der Waals surface area contributed by atoms with E-state index < -0.39 is 0 Å². The SMILES string of the molecule is C1COCCN1.Cc1ccc(-n2nc(C(C)(C)C)cc2NC(=O)Nc2ccc(OCc3ccnc(NC(=O)CN4CCOCC4)c3)c3ccccc23)cc1. The van der Waals surface area contributed by atoms with Crippen LogP contribution in [0.1, 0.15) is 37.6 Å². The maximum atomic E-state index is 13.4. The Morgan fingerprint density at radius 1 is 0.852 bits per heavy atom. The molecule has 2 fully saturated rings. The Balaban J connectivity index is 0.000000755. The molecule has 7 rings (SSSR count). The third-order valence-corrected chi connectivity index (χ3v) is 8.93. The van der Waals surface area contributed by atoms with Gasteiger partial charge in [0.1, 0.15) is 24.0 Å². The fourth-order valence-corrected chi connectivity index (χ4v) is 5.95. The van der Waals surface area contributed by atoms with Gasteiger partial charge in [0.05, 0.1) is 50.0 Å². The van der Waals surface area contributed by atoms with Crippen LogP contribution in [0, 0.1) is 6.92 Å².